The van der Waals surface area contributed by atoms with Crippen LogP contribution in [0.3, 0.4) is 0 Å². The molecule has 0 bridgehead atoms. The predicted molar refractivity (Wildman–Crippen MR) is 81.7 cm³/mol. The second kappa shape index (κ2) is 7.19. The molecule has 0 fully saturated rings. The lowest BCUT2D eigenvalue weighted by atomic mass is 10.2. The van der Waals surface area contributed by atoms with Crippen molar-refractivity contribution in [3.63, 3.8) is 0 Å². The van der Waals surface area contributed by atoms with Crippen molar-refractivity contribution in [1.29, 1.82) is 0 Å². The van der Waals surface area contributed by atoms with Gasteiger partial charge in [0.1, 0.15) is 0 Å². The van der Waals surface area contributed by atoms with Crippen LogP contribution in [0.2, 0.25) is 0 Å². The van der Waals surface area contributed by atoms with Crippen LogP contribution >= 0.6 is 11.3 Å². The third-order valence-electron chi connectivity index (χ3n) is 2.87. The fourth-order valence-corrected chi connectivity index (χ4v) is 2.64. The molecule has 2 rings (SSSR count). The highest BCUT2D eigenvalue weighted by Gasteiger charge is 2.15. The third kappa shape index (κ3) is 4.54. The zero-order valence-corrected chi connectivity index (χ0v) is 12.9. The standard InChI is InChI=1S/C15H18N2O3S/c1-17(2)6-5-16-14(18)9-11-8-13(21-10-11)15(19)12-4-3-7-20-12/h3-4,7-8,10H,5-6,9H2,1-2H3,(H,16,18). The number of thiophene rings is 1. The quantitative estimate of drug-likeness (QED) is 0.792. The molecule has 2 aromatic heterocycles. The van der Waals surface area contributed by atoms with Gasteiger partial charge in [-0.15, -0.1) is 11.3 Å². The number of rotatable bonds is 7. The van der Waals surface area contributed by atoms with Crippen molar-refractivity contribution >= 4 is 23.0 Å². The molecule has 21 heavy (non-hydrogen) atoms. The Morgan fingerprint density at radius 3 is 2.86 bits per heavy atom. The molecule has 0 aliphatic heterocycles. The molecule has 5 nitrogen and oxygen atoms in total. The number of likely N-dealkylation sites (N-methyl/N-ethyl adjacent to an activating group) is 1. The summed E-state index contributed by atoms with van der Waals surface area (Å²) >= 11 is 1.33. The van der Waals surface area contributed by atoms with Crippen molar-refractivity contribution in [3.8, 4) is 0 Å². The second-order valence-corrected chi connectivity index (χ2v) is 5.87. The maximum atomic E-state index is 12.1. The topological polar surface area (TPSA) is 62.6 Å². The van der Waals surface area contributed by atoms with Crippen LogP contribution in [-0.2, 0) is 11.2 Å². The van der Waals surface area contributed by atoms with E-state index in [9.17, 15) is 9.59 Å². The number of carbonyl (C=O) groups excluding carboxylic acids is 2. The van der Waals surface area contributed by atoms with Gasteiger partial charge in [0, 0.05) is 13.1 Å². The fraction of sp³-hybridized carbons (Fsp3) is 0.333. The Hall–Kier alpha value is -1.92. The Morgan fingerprint density at radius 1 is 1.38 bits per heavy atom. The minimum absolute atomic E-state index is 0.0355. The third-order valence-corrected chi connectivity index (χ3v) is 3.85. The first-order valence-electron chi connectivity index (χ1n) is 6.63. The summed E-state index contributed by atoms with van der Waals surface area (Å²) < 4.78 is 5.09. The van der Waals surface area contributed by atoms with Gasteiger partial charge in [0.25, 0.3) is 0 Å². The van der Waals surface area contributed by atoms with E-state index in [1.54, 1.807) is 18.2 Å². The van der Waals surface area contributed by atoms with Crippen LogP contribution in [0, 0.1) is 0 Å². The molecular weight excluding hydrogens is 288 g/mol. The smallest absolute Gasteiger partial charge is 0.238 e. The highest BCUT2D eigenvalue weighted by molar-refractivity contribution is 7.12. The van der Waals surface area contributed by atoms with Gasteiger partial charge in [0.15, 0.2) is 5.76 Å². The van der Waals surface area contributed by atoms with Crippen LogP contribution in [0.4, 0.5) is 0 Å². The lowest BCUT2D eigenvalue weighted by Crippen LogP contribution is -2.32. The summed E-state index contributed by atoms with van der Waals surface area (Å²) in [6.07, 6.45) is 1.76. The summed E-state index contributed by atoms with van der Waals surface area (Å²) in [6.45, 7) is 1.42. The molecule has 0 atom stereocenters. The first-order chi connectivity index (χ1) is 10.1. The van der Waals surface area contributed by atoms with Gasteiger partial charge in [-0.25, -0.2) is 0 Å². The van der Waals surface area contributed by atoms with Crippen LogP contribution < -0.4 is 5.32 Å². The van der Waals surface area contributed by atoms with Crippen LogP contribution in [0.5, 0.6) is 0 Å². The first kappa shape index (κ1) is 15.5. The molecule has 0 unspecified atom stereocenters. The maximum Gasteiger partial charge on any atom is 0.238 e. The van der Waals surface area contributed by atoms with Gasteiger partial charge in [-0.1, -0.05) is 0 Å². The van der Waals surface area contributed by atoms with Gasteiger partial charge in [0.05, 0.1) is 17.6 Å². The number of furan rings is 1. The second-order valence-electron chi connectivity index (χ2n) is 4.96. The van der Waals surface area contributed by atoms with Crippen molar-refractivity contribution in [2.24, 2.45) is 0 Å². The van der Waals surface area contributed by atoms with Gasteiger partial charge < -0.3 is 14.6 Å². The highest BCUT2D eigenvalue weighted by atomic mass is 32.1. The summed E-state index contributed by atoms with van der Waals surface area (Å²) in [7, 11) is 3.91. The molecule has 0 spiro atoms. The number of ketones is 1. The molecule has 6 heteroatoms. The Labute approximate surface area is 127 Å². The average molecular weight is 306 g/mol. The monoisotopic (exact) mass is 306 g/mol. The molecule has 0 saturated heterocycles. The van der Waals surface area contributed by atoms with E-state index in [-0.39, 0.29) is 18.1 Å². The number of hydrogen-bond donors (Lipinski definition) is 1. The van der Waals surface area contributed by atoms with Gasteiger partial charge in [-0.05, 0) is 43.2 Å². The van der Waals surface area contributed by atoms with Crippen LogP contribution in [0.1, 0.15) is 21.0 Å². The number of carbonyl (C=O) groups is 2. The van der Waals surface area contributed by atoms with E-state index >= 15 is 0 Å². The average Bonchev–Trinajstić information content (AvgIpc) is 3.08. The minimum atomic E-state index is -0.149. The summed E-state index contributed by atoms with van der Waals surface area (Å²) in [5, 5.41) is 4.68. The maximum absolute atomic E-state index is 12.1. The molecule has 1 amide bonds. The summed E-state index contributed by atoms with van der Waals surface area (Å²) in [5.41, 5.74) is 0.845. The van der Waals surface area contributed by atoms with E-state index in [0.29, 0.717) is 17.2 Å². The summed E-state index contributed by atoms with van der Waals surface area (Å²) in [4.78, 5) is 26.4. The molecule has 0 aliphatic carbocycles. The van der Waals surface area contributed by atoms with E-state index in [4.69, 9.17) is 4.42 Å². The van der Waals surface area contributed by atoms with Crippen LogP contribution in [0.25, 0.3) is 0 Å². The molecule has 2 aromatic rings. The van der Waals surface area contributed by atoms with Gasteiger partial charge in [0.2, 0.25) is 11.7 Å². The van der Waals surface area contributed by atoms with Crippen LogP contribution in [-0.4, -0.2) is 43.8 Å². The summed E-state index contributed by atoms with van der Waals surface area (Å²) in [5.74, 6) is 0.134. The molecule has 1 N–H and O–H groups in total. The Kier molecular flexibility index (Phi) is 5.30. The Morgan fingerprint density at radius 2 is 2.19 bits per heavy atom. The van der Waals surface area contributed by atoms with Gasteiger partial charge in [-0.2, -0.15) is 0 Å². The lowest BCUT2D eigenvalue weighted by Gasteiger charge is -2.09. The zero-order valence-electron chi connectivity index (χ0n) is 12.1. The molecule has 112 valence electrons. The van der Waals surface area contributed by atoms with Gasteiger partial charge >= 0.3 is 0 Å². The summed E-state index contributed by atoms with van der Waals surface area (Å²) in [6, 6.07) is 5.07. The van der Waals surface area contributed by atoms with E-state index in [1.807, 2.05) is 24.4 Å². The SMILES string of the molecule is CN(C)CCNC(=O)Cc1csc(C(=O)c2ccco2)c1. The number of nitrogens with one attached hydrogen (secondary N) is 1. The fourth-order valence-electron chi connectivity index (χ4n) is 1.78. The van der Waals surface area contributed by atoms with Crippen molar-refractivity contribution < 1.29 is 14.0 Å². The molecule has 0 aromatic carbocycles. The van der Waals surface area contributed by atoms with Crippen molar-refractivity contribution in [2.45, 2.75) is 6.42 Å². The van der Waals surface area contributed by atoms with Gasteiger partial charge in [-0.3, -0.25) is 9.59 Å². The highest BCUT2D eigenvalue weighted by Crippen LogP contribution is 2.19. The van der Waals surface area contributed by atoms with E-state index in [1.165, 1.54) is 17.6 Å². The predicted octanol–water partition coefficient (Wildman–Crippen LogP) is 1.79. The number of nitrogens with zero attached hydrogens (tertiary/aromatic N) is 1. The Bertz CT molecular complexity index is 602. The van der Waals surface area contributed by atoms with Crippen molar-refractivity contribution in [1.82, 2.24) is 10.2 Å². The molecule has 0 saturated carbocycles. The normalized spacial score (nSPS) is 10.8. The van der Waals surface area contributed by atoms with Crippen molar-refractivity contribution in [3.05, 3.63) is 46.0 Å². The number of amides is 1. The van der Waals surface area contributed by atoms with E-state index < -0.39 is 0 Å². The van der Waals surface area contributed by atoms with E-state index in [2.05, 4.69) is 5.32 Å². The van der Waals surface area contributed by atoms with E-state index in [0.717, 1.165) is 12.1 Å². The molecule has 0 radical (unpaired) electrons. The van der Waals surface area contributed by atoms with Crippen molar-refractivity contribution in [2.75, 3.05) is 27.2 Å². The molecular formula is C15H18N2O3S. The molecule has 2 heterocycles. The lowest BCUT2D eigenvalue weighted by molar-refractivity contribution is -0.120. The Balaban J connectivity index is 1.88. The minimum Gasteiger partial charge on any atom is -0.461 e. The largest absolute Gasteiger partial charge is 0.461 e. The van der Waals surface area contributed by atoms with Crippen LogP contribution in [0.15, 0.2) is 34.3 Å². The first-order valence-corrected chi connectivity index (χ1v) is 7.51. The number of hydrogen-bond acceptors (Lipinski definition) is 5. The molecule has 0 aliphatic rings. The zero-order chi connectivity index (χ0) is 15.2.